The van der Waals surface area contributed by atoms with Crippen molar-refractivity contribution in [1.29, 1.82) is 0 Å². The first kappa shape index (κ1) is 65.6. The smallest absolute Gasteiger partial charge is 0.306 e. The second kappa shape index (κ2) is 57.2. The van der Waals surface area contributed by atoms with Crippen molar-refractivity contribution < 1.29 is 28.6 Å². The van der Waals surface area contributed by atoms with E-state index >= 15 is 0 Å². The molecule has 0 aliphatic rings. The Balaban J connectivity index is 4.38. The number of unbranched alkanes of at least 4 members (excludes halogenated alkanes) is 27. The van der Waals surface area contributed by atoms with E-state index in [-0.39, 0.29) is 37.5 Å². The van der Waals surface area contributed by atoms with E-state index in [4.69, 9.17) is 14.2 Å². The third-order valence-corrected chi connectivity index (χ3v) is 12.4. The molecular formula is C63H108O6. The summed E-state index contributed by atoms with van der Waals surface area (Å²) in [5.41, 5.74) is 0. The van der Waals surface area contributed by atoms with Crippen LogP contribution in [0.25, 0.3) is 0 Å². The van der Waals surface area contributed by atoms with Gasteiger partial charge in [0.25, 0.3) is 0 Å². The Morgan fingerprint density at radius 2 is 0.594 bits per heavy atom. The quantitative estimate of drug-likeness (QED) is 0.0262. The van der Waals surface area contributed by atoms with Crippen molar-refractivity contribution in [2.45, 2.75) is 284 Å². The number of carbonyl (C=O) groups excluding carboxylic acids is 3. The minimum absolute atomic E-state index is 0.101. The predicted octanol–water partition coefficient (Wildman–Crippen LogP) is 19.5. The SMILES string of the molecule is CC/C=C\C/C=C\C/C=C\C/C=C\CCC(=O)OCC(COC(=O)CCCCCCCCCCCCCCCCCCCCCCC)OC(=O)CCCCCCCCC/C=C\C/C=C\C/C=C\CC. The lowest BCUT2D eigenvalue weighted by Gasteiger charge is -2.18. The highest BCUT2D eigenvalue weighted by atomic mass is 16.6. The molecule has 69 heavy (non-hydrogen) atoms. The molecule has 0 aliphatic heterocycles. The van der Waals surface area contributed by atoms with Gasteiger partial charge in [-0.15, -0.1) is 0 Å². The Kier molecular flexibility index (Phi) is 54.3. The van der Waals surface area contributed by atoms with Gasteiger partial charge in [-0.25, -0.2) is 0 Å². The third-order valence-electron chi connectivity index (χ3n) is 12.4. The van der Waals surface area contributed by atoms with Crippen molar-refractivity contribution in [3.63, 3.8) is 0 Å². The summed E-state index contributed by atoms with van der Waals surface area (Å²) in [5, 5.41) is 0. The predicted molar refractivity (Wildman–Crippen MR) is 297 cm³/mol. The minimum atomic E-state index is -0.810. The third kappa shape index (κ3) is 55.4. The van der Waals surface area contributed by atoms with E-state index in [0.717, 1.165) is 89.9 Å². The van der Waals surface area contributed by atoms with E-state index in [1.165, 1.54) is 141 Å². The summed E-state index contributed by atoms with van der Waals surface area (Å²) in [6, 6.07) is 0. The van der Waals surface area contributed by atoms with Gasteiger partial charge in [-0.2, -0.15) is 0 Å². The minimum Gasteiger partial charge on any atom is -0.462 e. The maximum atomic E-state index is 12.8. The van der Waals surface area contributed by atoms with E-state index in [0.29, 0.717) is 19.3 Å². The highest BCUT2D eigenvalue weighted by Crippen LogP contribution is 2.16. The van der Waals surface area contributed by atoms with E-state index in [2.05, 4.69) is 99.8 Å². The summed E-state index contributed by atoms with van der Waals surface area (Å²) < 4.78 is 16.8. The zero-order valence-corrected chi connectivity index (χ0v) is 45.3. The molecule has 0 aromatic carbocycles. The van der Waals surface area contributed by atoms with Gasteiger partial charge in [0.15, 0.2) is 6.10 Å². The Hall–Kier alpha value is -3.41. The normalized spacial score (nSPS) is 12.7. The molecule has 0 radical (unpaired) electrons. The molecule has 0 aliphatic carbocycles. The van der Waals surface area contributed by atoms with Crippen LogP contribution >= 0.6 is 0 Å². The number of hydrogen-bond acceptors (Lipinski definition) is 6. The van der Waals surface area contributed by atoms with Crippen molar-refractivity contribution >= 4 is 17.9 Å². The number of carbonyl (C=O) groups is 3. The average Bonchev–Trinajstić information content (AvgIpc) is 3.35. The van der Waals surface area contributed by atoms with Gasteiger partial charge in [-0.3, -0.25) is 14.4 Å². The molecule has 0 bridgehead atoms. The summed E-state index contributed by atoms with van der Waals surface area (Å²) in [6.07, 6.45) is 74.6. The van der Waals surface area contributed by atoms with Gasteiger partial charge in [0.1, 0.15) is 13.2 Å². The largest absolute Gasteiger partial charge is 0.462 e. The molecular weight excluding hydrogens is 853 g/mol. The van der Waals surface area contributed by atoms with Gasteiger partial charge in [-0.05, 0) is 77.0 Å². The topological polar surface area (TPSA) is 78.9 Å². The number of hydrogen-bond donors (Lipinski definition) is 0. The first-order chi connectivity index (χ1) is 34.0. The summed E-state index contributed by atoms with van der Waals surface area (Å²) in [6.45, 7) is 6.37. The molecule has 0 N–H and O–H groups in total. The molecule has 0 amide bonds. The Bertz CT molecular complexity index is 1330. The van der Waals surface area contributed by atoms with Gasteiger partial charge < -0.3 is 14.2 Å². The highest BCUT2D eigenvalue weighted by molar-refractivity contribution is 5.71. The lowest BCUT2D eigenvalue weighted by molar-refractivity contribution is -0.166. The Morgan fingerprint density at radius 3 is 0.971 bits per heavy atom. The number of esters is 3. The standard InChI is InChI=1S/C63H108O6/c1-4-7-10-13-16-19-22-25-27-29-30-31-32-34-35-38-41-44-47-50-53-56-62(65)68-59-60(58-67-61(64)55-52-49-46-43-40-37-24-21-18-15-12-9-6-3)69-63(66)57-54-51-48-45-42-39-36-33-28-26-23-20-17-14-11-8-5-2/h8-9,11-12,17-18,20-21,26,28,37,40,46,49,60H,4-7,10,13-16,19,22-25,27,29-36,38-39,41-45,47-48,50-59H2,1-3H3/b11-8-,12-9-,20-17-,21-18-,28-26-,40-37-,49-46-. The maximum Gasteiger partial charge on any atom is 0.306 e. The zero-order chi connectivity index (χ0) is 50.0. The first-order valence-corrected chi connectivity index (χ1v) is 29.1. The summed E-state index contributed by atoms with van der Waals surface area (Å²) >= 11 is 0. The van der Waals surface area contributed by atoms with Crippen molar-refractivity contribution in [2.75, 3.05) is 13.2 Å². The van der Waals surface area contributed by atoms with E-state index in [1.807, 2.05) is 6.08 Å². The molecule has 1 atom stereocenters. The summed E-state index contributed by atoms with van der Waals surface area (Å²) in [7, 11) is 0. The van der Waals surface area contributed by atoms with Crippen LogP contribution in [0.5, 0.6) is 0 Å². The van der Waals surface area contributed by atoms with Gasteiger partial charge in [-0.1, -0.05) is 266 Å². The molecule has 6 nitrogen and oxygen atoms in total. The fraction of sp³-hybridized carbons (Fsp3) is 0.730. The van der Waals surface area contributed by atoms with E-state index in [9.17, 15) is 14.4 Å². The van der Waals surface area contributed by atoms with Crippen LogP contribution in [-0.2, 0) is 28.6 Å². The molecule has 0 aromatic heterocycles. The molecule has 0 fully saturated rings. The van der Waals surface area contributed by atoms with Crippen molar-refractivity contribution in [3.05, 3.63) is 85.1 Å². The van der Waals surface area contributed by atoms with Crippen LogP contribution in [0.15, 0.2) is 85.1 Å². The van der Waals surface area contributed by atoms with Gasteiger partial charge >= 0.3 is 17.9 Å². The number of allylic oxidation sites excluding steroid dienone is 14. The maximum absolute atomic E-state index is 12.8. The molecule has 0 saturated carbocycles. The van der Waals surface area contributed by atoms with Gasteiger partial charge in [0, 0.05) is 19.3 Å². The molecule has 0 aromatic rings. The van der Waals surface area contributed by atoms with Crippen LogP contribution in [-0.4, -0.2) is 37.2 Å². The second-order valence-electron chi connectivity index (χ2n) is 19.1. The molecule has 0 saturated heterocycles. The molecule has 396 valence electrons. The molecule has 0 spiro atoms. The van der Waals surface area contributed by atoms with Crippen LogP contribution in [0.3, 0.4) is 0 Å². The molecule has 1 unspecified atom stereocenters. The second-order valence-corrected chi connectivity index (χ2v) is 19.1. The van der Waals surface area contributed by atoms with Crippen LogP contribution in [0.4, 0.5) is 0 Å². The monoisotopic (exact) mass is 961 g/mol. The lowest BCUT2D eigenvalue weighted by Crippen LogP contribution is -2.30. The van der Waals surface area contributed by atoms with Crippen LogP contribution < -0.4 is 0 Å². The van der Waals surface area contributed by atoms with E-state index in [1.54, 1.807) is 0 Å². The van der Waals surface area contributed by atoms with Crippen molar-refractivity contribution in [2.24, 2.45) is 0 Å². The first-order valence-electron chi connectivity index (χ1n) is 29.1. The summed E-state index contributed by atoms with van der Waals surface area (Å²) in [5.74, 6) is -0.988. The Morgan fingerprint density at radius 1 is 0.304 bits per heavy atom. The summed E-state index contributed by atoms with van der Waals surface area (Å²) in [4.78, 5) is 38.1. The van der Waals surface area contributed by atoms with Gasteiger partial charge in [0.05, 0.1) is 0 Å². The van der Waals surface area contributed by atoms with Crippen LogP contribution in [0.1, 0.15) is 278 Å². The fourth-order valence-electron chi connectivity index (χ4n) is 8.12. The van der Waals surface area contributed by atoms with E-state index < -0.39 is 6.10 Å². The van der Waals surface area contributed by atoms with Crippen LogP contribution in [0.2, 0.25) is 0 Å². The fourth-order valence-corrected chi connectivity index (χ4v) is 8.12. The Labute approximate surface area is 426 Å². The zero-order valence-electron chi connectivity index (χ0n) is 45.3. The number of rotatable bonds is 52. The van der Waals surface area contributed by atoms with Crippen LogP contribution in [0, 0.1) is 0 Å². The molecule has 6 heteroatoms. The van der Waals surface area contributed by atoms with Gasteiger partial charge in [0.2, 0.25) is 0 Å². The molecule has 0 rings (SSSR count). The van der Waals surface area contributed by atoms with Crippen molar-refractivity contribution in [1.82, 2.24) is 0 Å². The highest BCUT2D eigenvalue weighted by Gasteiger charge is 2.19. The molecule has 0 heterocycles. The average molecular weight is 962 g/mol. The number of ether oxygens (including phenoxy) is 3. The lowest BCUT2D eigenvalue weighted by atomic mass is 10.0. The van der Waals surface area contributed by atoms with Crippen molar-refractivity contribution in [3.8, 4) is 0 Å².